The number of hydrogen-bond acceptors (Lipinski definition) is 2. The molecule has 0 radical (unpaired) electrons. The molecule has 0 spiro atoms. The fourth-order valence-corrected chi connectivity index (χ4v) is 3.25. The Morgan fingerprint density at radius 2 is 2.20 bits per heavy atom. The molecule has 0 fully saturated rings. The van der Waals surface area contributed by atoms with E-state index in [1.54, 1.807) is 11.3 Å². The zero-order chi connectivity index (χ0) is 7.14. The second kappa shape index (κ2) is 2.24. The molecule has 0 aliphatic heterocycles. The fourth-order valence-electron chi connectivity index (χ4n) is 1.39. The van der Waals surface area contributed by atoms with E-state index in [4.69, 9.17) is 5.73 Å². The lowest BCUT2D eigenvalue weighted by Crippen LogP contribution is -1.81. The van der Waals surface area contributed by atoms with E-state index in [9.17, 15) is 0 Å². The van der Waals surface area contributed by atoms with E-state index in [1.165, 1.54) is 29.7 Å². The van der Waals surface area contributed by atoms with Crippen LogP contribution >= 0.6 is 27.3 Å². The standard InChI is InChI=1S/C7H8BrNS/c8-6-4-2-1-3-5(4)10-7(6)9/h1-3,9H2. The summed E-state index contributed by atoms with van der Waals surface area (Å²) in [6.07, 6.45) is 3.75. The molecule has 10 heavy (non-hydrogen) atoms. The minimum absolute atomic E-state index is 0.949. The molecule has 0 bridgehead atoms. The summed E-state index contributed by atoms with van der Waals surface area (Å²) in [5.41, 5.74) is 7.18. The van der Waals surface area contributed by atoms with Crippen LogP contribution in [0.1, 0.15) is 16.9 Å². The third-order valence-corrected chi connectivity index (χ3v) is 4.17. The molecule has 0 aromatic carbocycles. The number of halogens is 1. The molecule has 1 aromatic rings. The summed E-state index contributed by atoms with van der Waals surface area (Å²) < 4.78 is 1.16. The largest absolute Gasteiger partial charge is 0.390 e. The van der Waals surface area contributed by atoms with Crippen LogP contribution in [0.2, 0.25) is 0 Å². The first kappa shape index (κ1) is 6.68. The lowest BCUT2D eigenvalue weighted by molar-refractivity contribution is 0.913. The smallest absolute Gasteiger partial charge is 0.101 e. The molecule has 2 rings (SSSR count). The van der Waals surface area contributed by atoms with E-state index in [-0.39, 0.29) is 0 Å². The van der Waals surface area contributed by atoms with Gasteiger partial charge in [0.2, 0.25) is 0 Å². The predicted octanol–water partition coefficient (Wildman–Crippen LogP) is 2.58. The Morgan fingerprint density at radius 3 is 2.90 bits per heavy atom. The van der Waals surface area contributed by atoms with Crippen LogP contribution in [0.3, 0.4) is 0 Å². The summed E-state index contributed by atoms with van der Waals surface area (Å²) in [4.78, 5) is 1.49. The Kier molecular flexibility index (Phi) is 1.49. The van der Waals surface area contributed by atoms with Gasteiger partial charge in [0.05, 0.1) is 4.47 Å². The monoisotopic (exact) mass is 217 g/mol. The highest BCUT2D eigenvalue weighted by Gasteiger charge is 2.18. The van der Waals surface area contributed by atoms with Gasteiger partial charge in [-0.1, -0.05) is 0 Å². The van der Waals surface area contributed by atoms with Crippen molar-refractivity contribution in [2.45, 2.75) is 19.3 Å². The van der Waals surface area contributed by atoms with Crippen LogP contribution in [0.15, 0.2) is 4.47 Å². The summed E-state index contributed by atoms with van der Waals surface area (Å²) in [6, 6.07) is 0. The Balaban J connectivity index is 2.59. The van der Waals surface area contributed by atoms with Gasteiger partial charge in [-0.15, -0.1) is 11.3 Å². The number of anilines is 1. The quantitative estimate of drug-likeness (QED) is 0.711. The molecular formula is C7H8BrNS. The van der Waals surface area contributed by atoms with Gasteiger partial charge < -0.3 is 5.73 Å². The highest BCUT2D eigenvalue weighted by molar-refractivity contribution is 9.10. The van der Waals surface area contributed by atoms with E-state index < -0.39 is 0 Å². The van der Waals surface area contributed by atoms with Crippen LogP contribution in [0.25, 0.3) is 0 Å². The first-order valence-corrected chi connectivity index (χ1v) is 4.95. The van der Waals surface area contributed by atoms with Gasteiger partial charge in [-0.25, -0.2) is 0 Å². The fraction of sp³-hybridized carbons (Fsp3) is 0.429. The average Bonchev–Trinajstić information content (AvgIpc) is 2.41. The Bertz CT molecular complexity index is 267. The van der Waals surface area contributed by atoms with Gasteiger partial charge in [0.15, 0.2) is 0 Å². The highest BCUT2D eigenvalue weighted by Crippen LogP contribution is 2.40. The Hall–Kier alpha value is -0.0200. The minimum atomic E-state index is 0.949. The number of rotatable bonds is 0. The maximum atomic E-state index is 5.72. The van der Waals surface area contributed by atoms with Crippen LogP contribution in [0.5, 0.6) is 0 Å². The van der Waals surface area contributed by atoms with Gasteiger partial charge in [-0.3, -0.25) is 0 Å². The van der Waals surface area contributed by atoms with Gasteiger partial charge in [-0.05, 0) is 40.8 Å². The maximum absolute atomic E-state index is 5.72. The molecule has 2 N–H and O–H groups in total. The topological polar surface area (TPSA) is 26.0 Å². The predicted molar refractivity (Wildman–Crippen MR) is 48.5 cm³/mol. The van der Waals surface area contributed by atoms with Crippen molar-refractivity contribution >= 4 is 32.3 Å². The van der Waals surface area contributed by atoms with Gasteiger partial charge in [-0.2, -0.15) is 0 Å². The summed E-state index contributed by atoms with van der Waals surface area (Å²) in [6.45, 7) is 0. The van der Waals surface area contributed by atoms with Gasteiger partial charge in [0, 0.05) is 4.88 Å². The number of fused-ring (bicyclic) bond motifs is 1. The third kappa shape index (κ3) is 0.805. The molecule has 1 aliphatic rings. The van der Waals surface area contributed by atoms with Gasteiger partial charge in [0.1, 0.15) is 5.00 Å². The van der Waals surface area contributed by atoms with Crippen LogP contribution in [0, 0.1) is 0 Å². The molecular weight excluding hydrogens is 210 g/mol. The van der Waals surface area contributed by atoms with Crippen molar-refractivity contribution in [2.24, 2.45) is 0 Å². The van der Waals surface area contributed by atoms with Crippen molar-refractivity contribution in [3.8, 4) is 0 Å². The van der Waals surface area contributed by atoms with Crippen LogP contribution < -0.4 is 5.73 Å². The summed E-state index contributed by atoms with van der Waals surface area (Å²) in [7, 11) is 0. The van der Waals surface area contributed by atoms with Crippen molar-refractivity contribution in [2.75, 3.05) is 5.73 Å². The first-order chi connectivity index (χ1) is 4.79. The van der Waals surface area contributed by atoms with Crippen molar-refractivity contribution in [3.63, 3.8) is 0 Å². The Morgan fingerprint density at radius 1 is 1.40 bits per heavy atom. The van der Waals surface area contributed by atoms with Crippen molar-refractivity contribution in [1.29, 1.82) is 0 Å². The molecule has 3 heteroatoms. The summed E-state index contributed by atoms with van der Waals surface area (Å²) in [5.74, 6) is 0. The van der Waals surface area contributed by atoms with E-state index >= 15 is 0 Å². The average molecular weight is 218 g/mol. The number of aryl methyl sites for hydroxylation is 1. The molecule has 1 aliphatic carbocycles. The molecule has 1 nitrogen and oxygen atoms in total. The molecule has 0 amide bonds. The molecule has 0 atom stereocenters. The normalized spacial score (nSPS) is 15.7. The molecule has 1 heterocycles. The zero-order valence-corrected chi connectivity index (χ0v) is 7.89. The molecule has 0 saturated heterocycles. The third-order valence-electron chi connectivity index (χ3n) is 1.88. The van der Waals surface area contributed by atoms with E-state index in [0.717, 1.165) is 9.47 Å². The molecule has 0 unspecified atom stereocenters. The Labute approximate surface area is 72.4 Å². The van der Waals surface area contributed by atoms with Gasteiger partial charge in [0.25, 0.3) is 0 Å². The van der Waals surface area contributed by atoms with Crippen LogP contribution in [0.4, 0.5) is 5.00 Å². The summed E-state index contributed by atoms with van der Waals surface area (Å²) >= 11 is 5.22. The second-order valence-corrected chi connectivity index (χ2v) is 4.47. The van der Waals surface area contributed by atoms with E-state index in [0.29, 0.717) is 0 Å². The van der Waals surface area contributed by atoms with Gasteiger partial charge >= 0.3 is 0 Å². The first-order valence-electron chi connectivity index (χ1n) is 3.34. The van der Waals surface area contributed by atoms with Crippen molar-refractivity contribution in [3.05, 3.63) is 14.9 Å². The number of hydrogen-bond donors (Lipinski definition) is 1. The molecule has 1 aromatic heterocycles. The summed E-state index contributed by atoms with van der Waals surface area (Å²) in [5, 5.41) is 0.949. The van der Waals surface area contributed by atoms with Crippen molar-refractivity contribution in [1.82, 2.24) is 0 Å². The second-order valence-electron chi connectivity index (χ2n) is 2.54. The molecule has 54 valence electrons. The minimum Gasteiger partial charge on any atom is -0.390 e. The number of nitrogens with two attached hydrogens (primary N) is 1. The SMILES string of the molecule is Nc1sc2c(c1Br)CCC2. The van der Waals surface area contributed by atoms with E-state index in [1.807, 2.05) is 0 Å². The molecule has 0 saturated carbocycles. The van der Waals surface area contributed by atoms with Crippen LogP contribution in [-0.2, 0) is 12.8 Å². The van der Waals surface area contributed by atoms with E-state index in [2.05, 4.69) is 15.9 Å². The van der Waals surface area contributed by atoms with Crippen LogP contribution in [-0.4, -0.2) is 0 Å². The lowest BCUT2D eigenvalue weighted by atomic mass is 10.3. The lowest BCUT2D eigenvalue weighted by Gasteiger charge is -1.89. The zero-order valence-electron chi connectivity index (χ0n) is 5.48. The highest BCUT2D eigenvalue weighted by atomic mass is 79.9. The number of thiophene rings is 1. The maximum Gasteiger partial charge on any atom is 0.101 e. The van der Waals surface area contributed by atoms with Crippen molar-refractivity contribution < 1.29 is 0 Å². The number of nitrogen functional groups attached to an aromatic ring is 1.